The van der Waals surface area contributed by atoms with Gasteiger partial charge in [-0.1, -0.05) is 11.6 Å². The van der Waals surface area contributed by atoms with Gasteiger partial charge in [-0.15, -0.1) is 0 Å². The van der Waals surface area contributed by atoms with Gasteiger partial charge in [0.25, 0.3) is 5.91 Å². The first-order valence-electron chi connectivity index (χ1n) is 5.55. The zero-order valence-electron chi connectivity index (χ0n) is 9.68. The number of rotatable bonds is 1. The highest BCUT2D eigenvalue weighted by molar-refractivity contribution is 5.97. The summed E-state index contributed by atoms with van der Waals surface area (Å²) in [7, 11) is 0. The molecule has 0 bridgehead atoms. The van der Waals surface area contributed by atoms with Gasteiger partial charge in [0.05, 0.1) is 5.56 Å². The average molecular weight is 233 g/mol. The number of benzene rings is 1. The molecule has 1 aliphatic rings. The average Bonchev–Trinajstić information content (AvgIpc) is 2.28. The van der Waals surface area contributed by atoms with Gasteiger partial charge < -0.3 is 15.1 Å². The number of nitrogens with zero attached hydrogens (tertiary/aromatic N) is 1. The second-order valence-corrected chi connectivity index (χ2v) is 4.27. The summed E-state index contributed by atoms with van der Waals surface area (Å²) < 4.78 is 0. The van der Waals surface area contributed by atoms with Gasteiger partial charge in [-0.25, -0.2) is 0 Å². The number of aromatic hydroxyl groups is 2. The number of phenols is 2. The summed E-state index contributed by atoms with van der Waals surface area (Å²) >= 11 is 0. The Kier molecular flexibility index (Phi) is 3.04. The molecule has 0 saturated heterocycles. The molecule has 0 fully saturated rings. The molecule has 4 nitrogen and oxygen atoms in total. The van der Waals surface area contributed by atoms with E-state index in [0.29, 0.717) is 13.1 Å². The quantitative estimate of drug-likeness (QED) is 0.728. The monoisotopic (exact) mass is 233 g/mol. The summed E-state index contributed by atoms with van der Waals surface area (Å²) in [6, 6.07) is 4.03. The number of amides is 1. The minimum Gasteiger partial charge on any atom is -0.508 e. The lowest BCUT2D eigenvalue weighted by molar-refractivity contribution is 0.0763. The van der Waals surface area contributed by atoms with E-state index in [1.165, 1.54) is 18.2 Å². The molecule has 90 valence electrons. The van der Waals surface area contributed by atoms with Crippen LogP contribution in [-0.4, -0.2) is 34.1 Å². The Morgan fingerprint density at radius 1 is 1.35 bits per heavy atom. The van der Waals surface area contributed by atoms with E-state index in [1.807, 2.05) is 6.92 Å². The fraction of sp³-hybridized carbons (Fsp3) is 0.308. The van der Waals surface area contributed by atoms with E-state index in [0.717, 1.165) is 12.0 Å². The maximum Gasteiger partial charge on any atom is 0.257 e. The maximum absolute atomic E-state index is 12.1. The molecule has 0 spiro atoms. The van der Waals surface area contributed by atoms with E-state index in [1.54, 1.807) is 4.90 Å². The molecule has 2 N–H and O–H groups in total. The van der Waals surface area contributed by atoms with Crippen molar-refractivity contribution < 1.29 is 15.0 Å². The Morgan fingerprint density at radius 2 is 2.12 bits per heavy atom. The highest BCUT2D eigenvalue weighted by Gasteiger charge is 2.20. The molecule has 0 aromatic heterocycles. The second kappa shape index (κ2) is 4.49. The van der Waals surface area contributed by atoms with E-state index < -0.39 is 0 Å². The fourth-order valence-corrected chi connectivity index (χ4v) is 1.96. The van der Waals surface area contributed by atoms with Crippen LogP contribution in [0.4, 0.5) is 0 Å². The third-order valence-corrected chi connectivity index (χ3v) is 2.83. The minimum absolute atomic E-state index is 0.0474. The van der Waals surface area contributed by atoms with Crippen LogP contribution in [0.2, 0.25) is 0 Å². The van der Waals surface area contributed by atoms with E-state index in [-0.39, 0.29) is 23.0 Å². The number of phenolic OH excluding ortho intramolecular Hbond substituents is 2. The molecule has 17 heavy (non-hydrogen) atoms. The van der Waals surface area contributed by atoms with Crippen LogP contribution in [0.1, 0.15) is 23.7 Å². The van der Waals surface area contributed by atoms with Gasteiger partial charge in [-0.3, -0.25) is 4.79 Å². The zero-order chi connectivity index (χ0) is 12.4. The Morgan fingerprint density at radius 3 is 2.76 bits per heavy atom. The number of hydrogen-bond acceptors (Lipinski definition) is 3. The third-order valence-electron chi connectivity index (χ3n) is 2.83. The summed E-state index contributed by atoms with van der Waals surface area (Å²) in [5.41, 5.74) is 1.39. The number of carbonyl (C=O) groups excluding carboxylic acids is 1. The van der Waals surface area contributed by atoms with Gasteiger partial charge in [0.1, 0.15) is 11.5 Å². The highest BCUT2D eigenvalue weighted by atomic mass is 16.3. The first-order chi connectivity index (χ1) is 8.08. The van der Waals surface area contributed by atoms with Crippen LogP contribution in [0.5, 0.6) is 11.5 Å². The molecule has 0 unspecified atom stereocenters. The lowest BCUT2D eigenvalue weighted by atomic mass is 10.1. The topological polar surface area (TPSA) is 60.8 Å². The molecule has 1 heterocycles. The Balaban J connectivity index is 2.22. The van der Waals surface area contributed by atoms with Gasteiger partial charge in [-0.2, -0.15) is 0 Å². The maximum atomic E-state index is 12.1. The standard InChI is InChI=1S/C13H15NO3/c1-9-3-2-6-14(8-9)13(17)11-5-4-10(15)7-12(11)16/h3-5,7,15-16H,2,6,8H2,1H3. The van der Waals surface area contributed by atoms with E-state index in [9.17, 15) is 15.0 Å². The molecule has 1 amide bonds. The lowest BCUT2D eigenvalue weighted by Gasteiger charge is -2.26. The molecule has 4 heteroatoms. The van der Waals surface area contributed by atoms with Crippen molar-refractivity contribution in [2.24, 2.45) is 0 Å². The van der Waals surface area contributed by atoms with E-state index in [2.05, 4.69) is 6.08 Å². The summed E-state index contributed by atoms with van der Waals surface area (Å²) in [6.45, 7) is 3.24. The summed E-state index contributed by atoms with van der Waals surface area (Å²) in [6.07, 6.45) is 2.96. The third kappa shape index (κ3) is 2.41. The first-order valence-corrected chi connectivity index (χ1v) is 5.55. The zero-order valence-corrected chi connectivity index (χ0v) is 9.68. The molecule has 2 rings (SSSR count). The van der Waals surface area contributed by atoms with Crippen molar-refractivity contribution in [3.63, 3.8) is 0 Å². The van der Waals surface area contributed by atoms with Gasteiger partial charge in [0.15, 0.2) is 0 Å². The molecular formula is C13H15NO3. The van der Waals surface area contributed by atoms with Crippen molar-refractivity contribution in [1.29, 1.82) is 0 Å². The van der Waals surface area contributed by atoms with Gasteiger partial charge in [0.2, 0.25) is 0 Å². The lowest BCUT2D eigenvalue weighted by Crippen LogP contribution is -2.35. The predicted octanol–water partition coefficient (Wildman–Crippen LogP) is 1.89. The summed E-state index contributed by atoms with van der Waals surface area (Å²) in [5.74, 6) is -0.425. The first kappa shape index (κ1) is 11.5. The van der Waals surface area contributed by atoms with Crippen molar-refractivity contribution in [3.8, 4) is 11.5 Å². The van der Waals surface area contributed by atoms with Crippen LogP contribution in [0, 0.1) is 0 Å². The predicted molar refractivity (Wildman–Crippen MR) is 64.0 cm³/mol. The van der Waals surface area contributed by atoms with Crippen LogP contribution < -0.4 is 0 Å². The fourth-order valence-electron chi connectivity index (χ4n) is 1.96. The normalized spacial score (nSPS) is 15.6. The molecule has 1 aliphatic heterocycles. The smallest absolute Gasteiger partial charge is 0.257 e. The second-order valence-electron chi connectivity index (χ2n) is 4.27. The number of hydrogen-bond donors (Lipinski definition) is 2. The van der Waals surface area contributed by atoms with Crippen LogP contribution >= 0.6 is 0 Å². The summed E-state index contributed by atoms with van der Waals surface area (Å²) in [4.78, 5) is 13.8. The molecule has 0 radical (unpaired) electrons. The van der Waals surface area contributed by atoms with Crippen molar-refractivity contribution in [2.45, 2.75) is 13.3 Å². The Bertz CT molecular complexity index is 480. The number of carbonyl (C=O) groups is 1. The SMILES string of the molecule is CC1=CCCN(C(=O)c2ccc(O)cc2O)C1. The van der Waals surface area contributed by atoms with Crippen LogP contribution in [0.3, 0.4) is 0 Å². The highest BCUT2D eigenvalue weighted by Crippen LogP contribution is 2.24. The van der Waals surface area contributed by atoms with Gasteiger partial charge >= 0.3 is 0 Å². The molecule has 1 aromatic carbocycles. The van der Waals surface area contributed by atoms with E-state index >= 15 is 0 Å². The van der Waals surface area contributed by atoms with Crippen LogP contribution in [-0.2, 0) is 0 Å². The molecular weight excluding hydrogens is 218 g/mol. The molecule has 0 atom stereocenters. The molecule has 1 aromatic rings. The van der Waals surface area contributed by atoms with Gasteiger partial charge in [-0.05, 0) is 25.5 Å². The minimum atomic E-state index is -0.199. The largest absolute Gasteiger partial charge is 0.508 e. The van der Waals surface area contributed by atoms with Crippen molar-refractivity contribution in [2.75, 3.05) is 13.1 Å². The Labute approximate surface area is 99.8 Å². The molecule has 0 saturated carbocycles. The Hall–Kier alpha value is -1.97. The molecule has 0 aliphatic carbocycles. The van der Waals surface area contributed by atoms with Crippen molar-refractivity contribution in [3.05, 3.63) is 35.4 Å². The van der Waals surface area contributed by atoms with E-state index in [4.69, 9.17) is 0 Å². The van der Waals surface area contributed by atoms with Crippen molar-refractivity contribution >= 4 is 5.91 Å². The summed E-state index contributed by atoms with van der Waals surface area (Å²) in [5, 5.41) is 18.8. The van der Waals surface area contributed by atoms with Gasteiger partial charge in [0, 0.05) is 19.2 Å². The van der Waals surface area contributed by atoms with Crippen molar-refractivity contribution in [1.82, 2.24) is 4.90 Å². The van der Waals surface area contributed by atoms with Crippen LogP contribution in [0.25, 0.3) is 0 Å². The van der Waals surface area contributed by atoms with Crippen LogP contribution in [0.15, 0.2) is 29.8 Å².